The van der Waals surface area contributed by atoms with E-state index in [1.807, 2.05) is 35.9 Å². The lowest BCUT2D eigenvalue weighted by atomic mass is 9.72. The number of halogens is 3. The second-order valence-corrected chi connectivity index (χ2v) is 10.6. The number of hydrogen-bond donors (Lipinski definition) is 3. The summed E-state index contributed by atoms with van der Waals surface area (Å²) >= 11 is 0. The molecule has 11 heteroatoms. The second-order valence-electron chi connectivity index (χ2n) is 10.6. The minimum atomic E-state index is -4.62. The number of aromatic amines is 1. The van der Waals surface area contributed by atoms with Crippen LogP contribution in [0.15, 0.2) is 36.7 Å². The van der Waals surface area contributed by atoms with E-state index in [4.69, 9.17) is 0 Å². The number of nitrogens with one attached hydrogen (secondary N) is 2. The van der Waals surface area contributed by atoms with Crippen LogP contribution in [0.25, 0.3) is 22.2 Å². The molecule has 8 nitrogen and oxygen atoms in total. The molecule has 0 aliphatic heterocycles. The zero-order valence-electron chi connectivity index (χ0n) is 21.2. The summed E-state index contributed by atoms with van der Waals surface area (Å²) in [7, 11) is 1.93. The Hall–Kier alpha value is -3.31. The molecule has 1 aromatic carbocycles. The topological polar surface area (TPSA) is 105 Å². The largest absolute Gasteiger partial charge is 0.433 e. The lowest BCUT2D eigenvalue weighted by molar-refractivity contribution is -0.141. The molecule has 0 spiro atoms. The molecule has 0 radical (unpaired) electrons. The highest BCUT2D eigenvalue weighted by Crippen LogP contribution is 2.44. The molecule has 200 valence electrons. The Balaban J connectivity index is 1.43. The quantitative estimate of drug-likeness (QED) is 0.318. The summed E-state index contributed by atoms with van der Waals surface area (Å²) in [6.45, 7) is 1.76. The first-order valence-electron chi connectivity index (χ1n) is 13.0. The number of benzene rings is 1. The normalized spacial score (nSPS) is 21.7. The number of aliphatic hydroxyl groups is 1. The van der Waals surface area contributed by atoms with Crippen LogP contribution in [0.4, 0.5) is 13.2 Å². The van der Waals surface area contributed by atoms with E-state index in [0.717, 1.165) is 42.3 Å². The van der Waals surface area contributed by atoms with Crippen LogP contribution in [-0.4, -0.2) is 47.2 Å². The third-order valence-corrected chi connectivity index (χ3v) is 8.15. The molecule has 0 amide bonds. The smallest absolute Gasteiger partial charge is 0.392 e. The molecule has 2 aliphatic carbocycles. The van der Waals surface area contributed by atoms with Crippen molar-refractivity contribution >= 4 is 10.9 Å². The van der Waals surface area contributed by atoms with Gasteiger partial charge >= 0.3 is 6.18 Å². The molecular formula is C27H30F3N7O. The number of H-pyrrole nitrogens is 1. The Bertz CT molecular complexity index is 1460. The molecule has 4 aromatic rings. The van der Waals surface area contributed by atoms with Crippen molar-refractivity contribution in [3.05, 3.63) is 59.4 Å². The summed E-state index contributed by atoms with van der Waals surface area (Å²) in [5, 5.41) is 29.5. The summed E-state index contributed by atoms with van der Waals surface area (Å²) in [4.78, 5) is 3.99. The maximum atomic E-state index is 13.9. The number of pyridine rings is 1. The van der Waals surface area contributed by atoms with Gasteiger partial charge in [0.25, 0.3) is 0 Å². The lowest BCUT2D eigenvalue weighted by Gasteiger charge is -2.35. The predicted molar refractivity (Wildman–Crippen MR) is 135 cm³/mol. The van der Waals surface area contributed by atoms with Gasteiger partial charge in [0.05, 0.1) is 17.3 Å². The number of nitrogens with zero attached hydrogens (tertiary/aromatic N) is 5. The molecule has 4 atom stereocenters. The van der Waals surface area contributed by atoms with Crippen LogP contribution in [0.2, 0.25) is 0 Å². The van der Waals surface area contributed by atoms with Gasteiger partial charge in [-0.1, -0.05) is 24.6 Å². The summed E-state index contributed by atoms with van der Waals surface area (Å²) in [5.41, 5.74) is 1.93. The van der Waals surface area contributed by atoms with Crippen LogP contribution < -0.4 is 5.32 Å². The van der Waals surface area contributed by atoms with Gasteiger partial charge in [0.1, 0.15) is 23.5 Å². The summed E-state index contributed by atoms with van der Waals surface area (Å²) in [5.74, 6) is 1.36. The van der Waals surface area contributed by atoms with E-state index in [1.165, 1.54) is 6.42 Å². The number of rotatable bonds is 7. The number of fused-ring (bicyclic) bond motifs is 1. The van der Waals surface area contributed by atoms with E-state index in [-0.39, 0.29) is 17.7 Å². The van der Waals surface area contributed by atoms with Crippen molar-refractivity contribution < 1.29 is 18.3 Å². The first-order valence-corrected chi connectivity index (χ1v) is 13.0. The maximum absolute atomic E-state index is 13.9. The number of aromatic nitrogens is 6. The first-order chi connectivity index (χ1) is 18.2. The van der Waals surface area contributed by atoms with E-state index < -0.39 is 24.0 Å². The molecule has 38 heavy (non-hydrogen) atoms. The highest BCUT2D eigenvalue weighted by Gasteiger charge is 2.37. The highest BCUT2D eigenvalue weighted by atomic mass is 19.4. The fourth-order valence-electron chi connectivity index (χ4n) is 5.65. The van der Waals surface area contributed by atoms with Crippen molar-refractivity contribution in [1.29, 1.82) is 0 Å². The Kier molecular flexibility index (Phi) is 6.22. The van der Waals surface area contributed by atoms with Crippen LogP contribution in [-0.2, 0) is 13.2 Å². The monoisotopic (exact) mass is 525 g/mol. The number of aryl methyl sites for hydroxylation is 1. The molecular weight excluding hydrogens is 495 g/mol. The maximum Gasteiger partial charge on any atom is 0.433 e. The summed E-state index contributed by atoms with van der Waals surface area (Å²) in [6.07, 6.45) is 1.38. The van der Waals surface area contributed by atoms with Crippen molar-refractivity contribution in [3.8, 4) is 11.3 Å². The Labute approximate surface area is 217 Å². The number of alkyl halides is 3. The molecule has 6 rings (SSSR count). The Morgan fingerprint density at radius 1 is 1.16 bits per heavy atom. The van der Waals surface area contributed by atoms with Crippen molar-refractivity contribution in [3.63, 3.8) is 0 Å². The van der Waals surface area contributed by atoms with Crippen LogP contribution in [0.5, 0.6) is 0 Å². The van der Waals surface area contributed by atoms with Gasteiger partial charge in [0.2, 0.25) is 0 Å². The zero-order chi connectivity index (χ0) is 26.6. The van der Waals surface area contributed by atoms with E-state index in [1.54, 1.807) is 13.3 Å². The summed E-state index contributed by atoms with van der Waals surface area (Å²) < 4.78 is 43.7. The van der Waals surface area contributed by atoms with Gasteiger partial charge in [-0.05, 0) is 56.2 Å². The average Bonchev–Trinajstić information content (AvgIpc) is 3.48. The Morgan fingerprint density at radius 2 is 1.97 bits per heavy atom. The van der Waals surface area contributed by atoms with Gasteiger partial charge in [-0.3, -0.25) is 5.10 Å². The third kappa shape index (κ3) is 4.37. The SMILES string of the molecule is C[C@@H](N[C@@H]1CC[C@H]1O)c1nc(C(F)(F)F)cc2c(-c3cccc([C@H](c4nncn4C)C4CCC4)c3)n[nH]c12. The molecule has 3 N–H and O–H groups in total. The number of hydrogen-bond acceptors (Lipinski definition) is 6. The third-order valence-electron chi connectivity index (χ3n) is 8.15. The Morgan fingerprint density at radius 3 is 2.58 bits per heavy atom. The molecule has 2 saturated carbocycles. The highest BCUT2D eigenvalue weighted by molar-refractivity contribution is 5.94. The van der Waals surface area contributed by atoms with E-state index in [9.17, 15) is 18.3 Å². The van der Waals surface area contributed by atoms with Gasteiger partial charge in [0.15, 0.2) is 0 Å². The van der Waals surface area contributed by atoms with Crippen LogP contribution in [0.1, 0.15) is 73.8 Å². The van der Waals surface area contributed by atoms with Crippen LogP contribution in [0, 0.1) is 5.92 Å². The average molecular weight is 526 g/mol. The van der Waals surface area contributed by atoms with E-state index >= 15 is 0 Å². The fraction of sp³-hybridized carbons (Fsp3) is 0.481. The van der Waals surface area contributed by atoms with E-state index in [0.29, 0.717) is 28.9 Å². The number of aliphatic hydroxyl groups excluding tert-OH is 1. The molecule has 0 saturated heterocycles. The predicted octanol–water partition coefficient (Wildman–Crippen LogP) is 4.88. The van der Waals surface area contributed by atoms with Crippen molar-refractivity contribution in [2.24, 2.45) is 13.0 Å². The van der Waals surface area contributed by atoms with Gasteiger partial charge in [-0.2, -0.15) is 18.3 Å². The van der Waals surface area contributed by atoms with Crippen molar-refractivity contribution in [2.45, 2.75) is 69.3 Å². The van der Waals surface area contributed by atoms with Crippen LogP contribution in [0.3, 0.4) is 0 Å². The van der Waals surface area contributed by atoms with Gasteiger partial charge in [-0.25, -0.2) is 4.98 Å². The zero-order valence-corrected chi connectivity index (χ0v) is 21.2. The molecule has 3 heterocycles. The van der Waals surface area contributed by atoms with Crippen molar-refractivity contribution in [2.75, 3.05) is 0 Å². The fourth-order valence-corrected chi connectivity index (χ4v) is 5.65. The van der Waals surface area contributed by atoms with Gasteiger partial charge < -0.3 is 15.0 Å². The van der Waals surface area contributed by atoms with E-state index in [2.05, 4.69) is 30.7 Å². The summed E-state index contributed by atoms with van der Waals surface area (Å²) in [6, 6.07) is 8.22. The van der Waals surface area contributed by atoms with Gasteiger partial charge in [-0.15, -0.1) is 10.2 Å². The molecule has 2 fully saturated rings. The standard InChI is InChI=1S/C27H30F3N7O/c1-14(32-19-9-10-20(19)38)23-25-18(12-21(33-23)27(28,29)30)24(34-35-25)17-8-4-7-16(11-17)22(15-5-3-6-15)26-36-31-13-37(26)2/h4,7-8,11-15,19-20,22,32,38H,3,5-6,9-10H2,1-2H3,(H,34,35)/t14-,19-,20-,22-/m1/s1. The second kappa shape index (κ2) is 9.46. The lowest BCUT2D eigenvalue weighted by Crippen LogP contribution is -2.48. The first kappa shape index (κ1) is 25.0. The van der Waals surface area contributed by atoms with Crippen LogP contribution >= 0.6 is 0 Å². The minimum Gasteiger partial charge on any atom is -0.392 e. The molecule has 0 unspecified atom stereocenters. The molecule has 3 aromatic heterocycles. The van der Waals surface area contributed by atoms with Crippen molar-refractivity contribution in [1.82, 2.24) is 35.3 Å². The minimum absolute atomic E-state index is 0.0440. The molecule has 2 aliphatic rings. The van der Waals surface area contributed by atoms with Gasteiger partial charge in [0, 0.05) is 36.0 Å². The molecule has 0 bridgehead atoms.